The lowest BCUT2D eigenvalue weighted by atomic mass is 9.97. The summed E-state index contributed by atoms with van der Waals surface area (Å²) in [6.07, 6.45) is -19.0. The van der Waals surface area contributed by atoms with Gasteiger partial charge in [0.15, 0.2) is 11.4 Å². The fourth-order valence-corrected chi connectivity index (χ4v) is 4.36. The van der Waals surface area contributed by atoms with Crippen LogP contribution in [0.2, 0.25) is 5.02 Å². The third-order valence-corrected chi connectivity index (χ3v) is 7.39. The van der Waals surface area contributed by atoms with E-state index in [2.05, 4.69) is 20.3 Å². The molecular formula is C25H13ClF16N6O2. The van der Waals surface area contributed by atoms with Crippen LogP contribution in [-0.2, 0) is 13.2 Å². The zero-order valence-corrected chi connectivity index (χ0v) is 24.5. The number of nitriles is 1. The van der Waals surface area contributed by atoms with Crippen LogP contribution in [0.3, 0.4) is 0 Å². The third kappa shape index (κ3) is 6.02. The molecule has 3 aromatic rings. The Morgan fingerprint density at radius 3 is 1.96 bits per heavy atom. The van der Waals surface area contributed by atoms with E-state index in [0.717, 1.165) is 18.3 Å². The molecule has 50 heavy (non-hydrogen) atoms. The lowest BCUT2D eigenvalue weighted by molar-refractivity contribution is -0.457. The fourth-order valence-electron chi connectivity index (χ4n) is 4.15. The minimum atomic E-state index is -8.34. The van der Waals surface area contributed by atoms with Gasteiger partial charge >= 0.3 is 42.2 Å². The van der Waals surface area contributed by atoms with Crippen molar-refractivity contribution in [1.82, 2.24) is 24.9 Å². The molecule has 0 bridgehead atoms. The summed E-state index contributed by atoms with van der Waals surface area (Å²) in [5, 5.41) is 17.7. The molecule has 1 fully saturated rings. The van der Waals surface area contributed by atoms with E-state index >= 15 is 0 Å². The van der Waals surface area contributed by atoms with Crippen molar-refractivity contribution >= 4 is 17.5 Å². The topological polar surface area (TPSA) is 97.8 Å². The first kappa shape index (κ1) is 38.4. The summed E-state index contributed by atoms with van der Waals surface area (Å²) >= 11 is 6.04. The predicted molar refractivity (Wildman–Crippen MR) is 132 cm³/mol. The second kappa shape index (κ2) is 11.6. The lowest BCUT2D eigenvalue weighted by Gasteiger charge is -2.38. The number of nitrogens with zero attached hydrogens (tertiary/aromatic N) is 5. The largest absolute Gasteiger partial charge is 0.472 e. The van der Waals surface area contributed by atoms with Crippen molar-refractivity contribution in [2.45, 2.75) is 60.5 Å². The molecule has 0 atom stereocenters. The molecule has 1 saturated carbocycles. The van der Waals surface area contributed by atoms with Crippen LogP contribution < -0.4 is 10.1 Å². The predicted octanol–water partition coefficient (Wildman–Crippen LogP) is 7.81. The van der Waals surface area contributed by atoms with Gasteiger partial charge in [-0.25, -0.2) is 9.36 Å². The van der Waals surface area contributed by atoms with E-state index in [-0.39, 0.29) is 31.1 Å². The molecule has 1 N–H and O–H groups in total. The molecule has 2 aromatic heterocycles. The van der Waals surface area contributed by atoms with Crippen LogP contribution in [0.4, 0.5) is 70.2 Å². The number of aromatic nitrogens is 4. The minimum Gasteiger partial charge on any atom is -0.408 e. The van der Waals surface area contributed by atoms with Crippen molar-refractivity contribution in [2.75, 3.05) is 0 Å². The van der Waals surface area contributed by atoms with Crippen molar-refractivity contribution in [3.05, 3.63) is 46.7 Å². The van der Waals surface area contributed by atoms with Crippen LogP contribution in [0.1, 0.15) is 28.8 Å². The fraction of sp³-hybridized carbons (Fsp3) is 0.440. The van der Waals surface area contributed by atoms with Crippen molar-refractivity contribution in [3.63, 3.8) is 0 Å². The number of hydrogen-bond acceptors (Lipinski definition) is 5. The number of benzene rings is 1. The summed E-state index contributed by atoms with van der Waals surface area (Å²) in [5.41, 5.74) is -4.18. The van der Waals surface area contributed by atoms with E-state index in [1.54, 1.807) is 0 Å². The van der Waals surface area contributed by atoms with Gasteiger partial charge in [-0.1, -0.05) is 17.7 Å². The summed E-state index contributed by atoms with van der Waals surface area (Å²) in [4.78, 5) is 12.7. The van der Waals surface area contributed by atoms with Gasteiger partial charge in [-0.3, -0.25) is 4.79 Å². The van der Waals surface area contributed by atoms with Gasteiger partial charge < -0.3 is 10.1 Å². The Labute approximate surface area is 271 Å². The van der Waals surface area contributed by atoms with Gasteiger partial charge in [-0.2, -0.15) is 80.6 Å². The second-order valence-electron chi connectivity index (χ2n) is 10.6. The summed E-state index contributed by atoms with van der Waals surface area (Å²) in [6.45, 7) is 0. The molecule has 4 rings (SSSR count). The number of amides is 1. The maximum atomic E-state index is 14.4. The maximum Gasteiger partial charge on any atom is 0.472 e. The highest BCUT2D eigenvalue weighted by Crippen LogP contribution is 2.60. The maximum absolute atomic E-state index is 14.4. The summed E-state index contributed by atoms with van der Waals surface area (Å²) in [6, 6.07) is 5.34. The van der Waals surface area contributed by atoms with Gasteiger partial charge in [0.1, 0.15) is 5.54 Å². The Morgan fingerprint density at radius 2 is 1.46 bits per heavy atom. The summed E-state index contributed by atoms with van der Waals surface area (Å²) in [7, 11) is 0.495. The van der Waals surface area contributed by atoms with Crippen LogP contribution in [0.5, 0.6) is 5.88 Å². The minimum absolute atomic E-state index is 0.00945. The van der Waals surface area contributed by atoms with Gasteiger partial charge in [0, 0.05) is 18.8 Å². The van der Waals surface area contributed by atoms with Gasteiger partial charge in [0.25, 0.3) is 11.8 Å². The SMILES string of the molecule is Cn1nc(OC(F)(F)C(F)(F)C(F)(F)C(F)(F)C(F)(F)C(F)(F)F)c(C(F)(F)F)c1-n1cc(-c2ccc(Cl)c(C(=O)NC3(C#N)CC3)c2)cn1. The molecule has 0 unspecified atom stereocenters. The molecule has 0 aliphatic heterocycles. The van der Waals surface area contributed by atoms with Gasteiger partial charge in [-0.05, 0) is 30.5 Å². The number of hydrogen-bond donors (Lipinski definition) is 1. The van der Waals surface area contributed by atoms with E-state index in [0.29, 0.717) is 26.1 Å². The van der Waals surface area contributed by atoms with E-state index in [9.17, 15) is 80.3 Å². The van der Waals surface area contributed by atoms with Crippen LogP contribution in [0.15, 0.2) is 30.6 Å². The zero-order chi connectivity index (χ0) is 38.3. The molecule has 1 aliphatic rings. The number of aryl methyl sites for hydroxylation is 1. The average molecular weight is 769 g/mol. The van der Waals surface area contributed by atoms with Gasteiger partial charge in [0.05, 0.1) is 22.9 Å². The molecule has 8 nitrogen and oxygen atoms in total. The average Bonchev–Trinajstić information content (AvgIpc) is 3.42. The molecule has 0 radical (unpaired) electrons. The number of halogens is 17. The number of carbonyl (C=O) groups excluding carboxylic acids is 1. The van der Waals surface area contributed by atoms with Crippen molar-refractivity contribution < 1.29 is 79.8 Å². The number of carbonyl (C=O) groups is 1. The quantitative estimate of drug-likeness (QED) is 0.213. The molecule has 25 heteroatoms. The van der Waals surface area contributed by atoms with E-state index in [1.807, 2.05) is 6.07 Å². The number of ether oxygens (including phenoxy) is 1. The van der Waals surface area contributed by atoms with Crippen molar-refractivity contribution in [2.24, 2.45) is 7.05 Å². The first-order chi connectivity index (χ1) is 22.5. The lowest BCUT2D eigenvalue weighted by Crippen LogP contribution is -2.70. The Morgan fingerprint density at radius 1 is 0.900 bits per heavy atom. The van der Waals surface area contributed by atoms with Gasteiger partial charge in [0.2, 0.25) is 0 Å². The van der Waals surface area contributed by atoms with E-state index < -0.39 is 70.9 Å². The molecule has 0 spiro atoms. The highest BCUT2D eigenvalue weighted by atomic mass is 35.5. The van der Waals surface area contributed by atoms with Crippen LogP contribution in [-0.4, -0.2) is 67.0 Å². The summed E-state index contributed by atoms with van der Waals surface area (Å²) < 4.78 is 221. The number of rotatable bonds is 10. The second-order valence-corrected chi connectivity index (χ2v) is 11.0. The first-order valence-corrected chi connectivity index (χ1v) is 13.2. The standard InChI is InChI=1S/C25H13ClF16N6O2/c1-47-17(48-8-11(7-44-48)10-2-3-13(26)12(6-10)15(49)45-18(9-43)4-5-18)14(19(27,28)29)16(46-47)50-25(41,42)23(36,37)21(32,33)20(30,31)22(34,35)24(38,39)40/h2-3,6-8H,4-5H2,1H3,(H,45,49). The van der Waals surface area contributed by atoms with E-state index in [4.69, 9.17) is 11.6 Å². The van der Waals surface area contributed by atoms with Gasteiger partial charge in [-0.15, -0.1) is 5.10 Å². The molecule has 1 aromatic carbocycles. The highest BCUT2D eigenvalue weighted by Gasteiger charge is 2.92. The molecule has 0 saturated heterocycles. The monoisotopic (exact) mass is 768 g/mol. The van der Waals surface area contributed by atoms with Crippen LogP contribution in [0, 0.1) is 11.3 Å². The van der Waals surface area contributed by atoms with Crippen LogP contribution >= 0.6 is 11.6 Å². The third-order valence-electron chi connectivity index (χ3n) is 7.06. The Hall–Kier alpha value is -4.43. The highest BCUT2D eigenvalue weighted by molar-refractivity contribution is 6.34. The first-order valence-electron chi connectivity index (χ1n) is 12.9. The Kier molecular flexibility index (Phi) is 8.87. The molecule has 1 amide bonds. The Bertz CT molecular complexity index is 1850. The van der Waals surface area contributed by atoms with Crippen LogP contribution in [0.25, 0.3) is 16.9 Å². The van der Waals surface area contributed by atoms with Crippen molar-refractivity contribution in [3.8, 4) is 28.9 Å². The Balaban J connectivity index is 1.74. The van der Waals surface area contributed by atoms with Crippen molar-refractivity contribution in [1.29, 1.82) is 5.26 Å². The molecule has 2 heterocycles. The number of alkyl halides is 16. The number of nitrogens with one attached hydrogen (secondary N) is 1. The normalized spacial score (nSPS) is 15.9. The molecule has 274 valence electrons. The van der Waals surface area contributed by atoms with E-state index in [1.165, 1.54) is 6.07 Å². The smallest absolute Gasteiger partial charge is 0.408 e. The summed E-state index contributed by atoms with van der Waals surface area (Å²) in [5.74, 6) is -37.9. The zero-order valence-electron chi connectivity index (χ0n) is 23.8. The molecule has 1 aliphatic carbocycles. The molecular weight excluding hydrogens is 756 g/mol.